The molecule has 12 aromatic rings. The Kier molecular flexibility index (Phi) is 46.2. The van der Waals surface area contributed by atoms with E-state index in [4.69, 9.17) is 138 Å². The summed E-state index contributed by atoms with van der Waals surface area (Å²) in [6, 6.07) is 55.9. The number of esters is 6. The van der Waals surface area contributed by atoms with Gasteiger partial charge in [-0.2, -0.15) is 0 Å². The molecule has 1 saturated carbocycles. The van der Waals surface area contributed by atoms with Gasteiger partial charge in [0.15, 0.2) is 0 Å². The predicted octanol–water partition coefficient (Wildman–Crippen LogP) is 31.7. The van der Waals surface area contributed by atoms with E-state index in [1.807, 2.05) is 219 Å². The van der Waals surface area contributed by atoms with Gasteiger partial charge < -0.3 is 56.8 Å². The highest BCUT2D eigenvalue weighted by molar-refractivity contribution is 9.10. The second kappa shape index (κ2) is 56.6. The van der Waals surface area contributed by atoms with Crippen LogP contribution in [0.25, 0.3) is 0 Å². The van der Waals surface area contributed by atoms with Gasteiger partial charge in [0, 0.05) is 73.0 Å². The molecule has 0 unspecified atom stereocenters. The third-order valence-corrected chi connectivity index (χ3v) is 26.4. The average molecular weight is 2120 g/mol. The number of aryl methyl sites for hydroxylation is 15. The lowest BCUT2D eigenvalue weighted by molar-refractivity contribution is 0.0513. The molecule has 12 aromatic carbocycles. The van der Waals surface area contributed by atoms with E-state index < -0.39 is 5.97 Å². The molecule has 748 valence electrons. The van der Waals surface area contributed by atoms with Crippen LogP contribution in [-0.4, -0.2) is 75.5 Å². The number of halogens is 8. The second-order valence-corrected chi connectivity index (χ2v) is 37.1. The van der Waals surface area contributed by atoms with Crippen LogP contribution in [0.15, 0.2) is 186 Å². The van der Waals surface area contributed by atoms with Crippen molar-refractivity contribution in [2.75, 3.05) is 39.6 Å². The molecule has 1 aliphatic carbocycles. The van der Waals surface area contributed by atoms with Crippen molar-refractivity contribution in [2.24, 2.45) is 0 Å². The Morgan fingerprint density at radius 1 is 0.248 bits per heavy atom. The summed E-state index contributed by atoms with van der Waals surface area (Å²) in [6.07, 6.45) is 3.14. The SMILES string of the molecule is CCOC(=O)c1cccc(Br)c1COc1cc(Cl)c(C)cc1C.CCOC(=O)c1cccc(C)c1COc1cc(Cl)c(C)cc1C.CCOC(=O)c1cccc(C)c1COc1cc(Cl)c(C)cc1C.CCOC(=O)c1cccc(C2CC2)c1COc1cc(Cl)c(C)cc1C.CCOC(=O)c1cccc(CC)c1COc1cc(Cl)c(C)cc1C.CCOC(=O)c1cccc(Cl)c1COc1cc(Cl)c(C)cc1C. The molecule has 1 fully saturated rings. The fourth-order valence-electron chi connectivity index (χ4n) is 15.0. The maximum atomic E-state index is 12.3. The van der Waals surface area contributed by atoms with Crippen molar-refractivity contribution in [3.8, 4) is 34.5 Å². The van der Waals surface area contributed by atoms with Crippen LogP contribution >= 0.6 is 97.1 Å². The van der Waals surface area contributed by atoms with E-state index in [2.05, 4.69) is 28.9 Å². The zero-order valence-electron chi connectivity index (χ0n) is 83.9. The third kappa shape index (κ3) is 33.2. The maximum Gasteiger partial charge on any atom is 0.338 e. The molecule has 0 saturated heterocycles. The molecular formula is C115H124BrCl7O18. The first-order valence-corrected chi connectivity index (χ1v) is 50.0. The highest BCUT2D eigenvalue weighted by Gasteiger charge is 2.30. The first-order valence-electron chi connectivity index (χ1n) is 46.6. The summed E-state index contributed by atoms with van der Waals surface area (Å²) in [5.74, 6) is 2.78. The lowest BCUT2D eigenvalue weighted by Gasteiger charge is -2.16. The normalized spacial score (nSPS) is 11.0. The van der Waals surface area contributed by atoms with Gasteiger partial charge >= 0.3 is 35.8 Å². The first kappa shape index (κ1) is 115. The molecule has 141 heavy (non-hydrogen) atoms. The lowest BCUT2D eigenvalue weighted by Crippen LogP contribution is -2.12. The topological polar surface area (TPSA) is 213 Å². The lowest BCUT2D eigenvalue weighted by atomic mass is 9.98. The fraction of sp³-hybridized carbons (Fsp3) is 0.322. The standard InChI is InChI=1S/C21H23ClO3.C20H23ClO3.2C19H21ClO3.C18H18BrClO3.C18H18Cl2O3/c1-4-24-21(23)17-7-5-6-16(15-8-9-15)18(17)12-25-20-11-19(22)13(2)10-14(20)3;1-5-15-8-7-9-16(20(22)23-6-2)17(15)12-24-19-11-18(21)13(3)10-14(19)4;2*1-5-22-19(21)15-8-6-7-12(2)16(15)11-23-18-10-17(20)13(3)9-14(18)4;2*1-4-22-18(21)13-6-5-7-15(19)14(13)10-23-17-9-16(20)11(2)8-12(17)3/h5-7,10-11,15H,4,8-9,12H2,1-3H3;7-11H,5-6,12H2,1-4H3;2*6-10H,5,11H2,1-4H3;2*5-9H,4,10H2,1-3H3. The Morgan fingerprint density at radius 3 is 0.766 bits per heavy atom. The van der Waals surface area contributed by atoms with E-state index in [9.17, 15) is 28.8 Å². The van der Waals surface area contributed by atoms with Gasteiger partial charge in [0.05, 0.1) is 73.0 Å². The van der Waals surface area contributed by atoms with E-state index in [0.29, 0.717) is 158 Å². The Labute approximate surface area is 873 Å². The van der Waals surface area contributed by atoms with Crippen LogP contribution < -0.4 is 28.4 Å². The van der Waals surface area contributed by atoms with Gasteiger partial charge in [-0.25, -0.2) is 28.8 Å². The molecule has 0 radical (unpaired) electrons. The number of carbonyl (C=O) groups excluding carboxylic acids is 6. The third-order valence-electron chi connectivity index (χ3n) is 22.9. The van der Waals surface area contributed by atoms with Gasteiger partial charge in [-0.15, -0.1) is 0 Å². The van der Waals surface area contributed by atoms with Crippen LogP contribution in [0.5, 0.6) is 34.5 Å². The van der Waals surface area contributed by atoms with Crippen molar-refractivity contribution in [2.45, 2.75) is 210 Å². The largest absolute Gasteiger partial charge is 0.489 e. The van der Waals surface area contributed by atoms with Crippen LogP contribution in [0.3, 0.4) is 0 Å². The van der Waals surface area contributed by atoms with Crippen molar-refractivity contribution in [3.63, 3.8) is 0 Å². The van der Waals surface area contributed by atoms with Crippen molar-refractivity contribution >= 4 is 133 Å². The van der Waals surface area contributed by atoms with Gasteiger partial charge in [-0.1, -0.05) is 201 Å². The van der Waals surface area contributed by atoms with Gasteiger partial charge in [-0.05, 0) is 338 Å². The molecule has 0 heterocycles. The summed E-state index contributed by atoms with van der Waals surface area (Å²) in [7, 11) is 0. The molecule has 0 amide bonds. The Balaban J connectivity index is 0.000000207. The molecule has 0 aromatic heterocycles. The number of hydrogen-bond donors (Lipinski definition) is 0. The zero-order chi connectivity index (χ0) is 104. The average Bonchev–Trinajstić information content (AvgIpc) is 1.67. The van der Waals surface area contributed by atoms with Crippen molar-refractivity contribution < 1.29 is 85.6 Å². The van der Waals surface area contributed by atoms with Crippen LogP contribution in [0.4, 0.5) is 0 Å². The zero-order valence-corrected chi connectivity index (χ0v) is 90.8. The van der Waals surface area contributed by atoms with Crippen LogP contribution in [0, 0.1) is 96.9 Å². The highest BCUT2D eigenvalue weighted by atomic mass is 79.9. The summed E-state index contributed by atoms with van der Waals surface area (Å²) < 4.78 is 67.2. The van der Waals surface area contributed by atoms with Gasteiger partial charge in [-0.3, -0.25) is 0 Å². The van der Waals surface area contributed by atoms with Gasteiger partial charge in [0.2, 0.25) is 0 Å². The molecule has 13 rings (SSSR count). The second-order valence-electron chi connectivity index (χ2n) is 33.4. The number of carbonyl (C=O) groups is 6. The minimum atomic E-state index is -0.410. The Hall–Kier alpha value is -11.2. The molecule has 26 heteroatoms. The van der Waals surface area contributed by atoms with Crippen molar-refractivity contribution in [3.05, 3.63) is 377 Å². The fourth-order valence-corrected chi connectivity index (χ4v) is 16.6. The highest BCUT2D eigenvalue weighted by Crippen LogP contribution is 2.44. The summed E-state index contributed by atoms with van der Waals surface area (Å²) in [5, 5.41) is 4.44. The summed E-state index contributed by atoms with van der Waals surface area (Å²) in [6.45, 7) is 44.0. The summed E-state index contributed by atoms with van der Waals surface area (Å²) in [4.78, 5) is 72.9. The van der Waals surface area contributed by atoms with E-state index in [1.54, 1.807) is 95.3 Å². The Morgan fingerprint density at radius 2 is 0.475 bits per heavy atom. The number of ether oxygens (including phenoxy) is 12. The van der Waals surface area contributed by atoms with Gasteiger partial charge in [0.1, 0.15) is 74.1 Å². The van der Waals surface area contributed by atoms with Crippen LogP contribution in [0.1, 0.15) is 252 Å². The van der Waals surface area contributed by atoms with E-state index in [-0.39, 0.29) is 43.1 Å². The quantitative estimate of drug-likeness (QED) is 0.0283. The van der Waals surface area contributed by atoms with Crippen molar-refractivity contribution in [1.82, 2.24) is 0 Å². The smallest absolute Gasteiger partial charge is 0.338 e. The van der Waals surface area contributed by atoms with Crippen LogP contribution in [0.2, 0.25) is 35.2 Å². The van der Waals surface area contributed by atoms with Gasteiger partial charge in [0.25, 0.3) is 0 Å². The molecule has 0 spiro atoms. The molecule has 0 N–H and O–H groups in total. The van der Waals surface area contributed by atoms with E-state index in [0.717, 1.165) is 158 Å². The summed E-state index contributed by atoms with van der Waals surface area (Å²) in [5.41, 5.74) is 24.3. The minimum Gasteiger partial charge on any atom is -0.489 e. The first-order chi connectivity index (χ1) is 67.2. The molecule has 0 aliphatic heterocycles. The monoisotopic (exact) mass is 2120 g/mol. The molecule has 0 bridgehead atoms. The van der Waals surface area contributed by atoms with E-state index in [1.165, 1.54) is 5.56 Å². The molecular weight excluding hydrogens is 2000 g/mol. The Bertz CT molecular complexity index is 5900. The number of hydrogen-bond acceptors (Lipinski definition) is 18. The molecule has 0 atom stereocenters. The predicted molar refractivity (Wildman–Crippen MR) is 569 cm³/mol. The summed E-state index contributed by atoms with van der Waals surface area (Å²) >= 11 is 46.8. The molecule has 18 nitrogen and oxygen atoms in total. The maximum absolute atomic E-state index is 12.3. The number of benzene rings is 12. The van der Waals surface area contributed by atoms with E-state index >= 15 is 0 Å². The van der Waals surface area contributed by atoms with Crippen LogP contribution in [-0.2, 0) is 74.5 Å². The number of rotatable bonds is 32. The molecule has 1 aliphatic rings. The minimum absolute atomic E-state index is 0.161. The van der Waals surface area contributed by atoms with Crippen molar-refractivity contribution in [1.29, 1.82) is 0 Å².